The Labute approximate surface area is 153 Å². The Morgan fingerprint density at radius 1 is 1.29 bits per heavy atom. The molecule has 0 spiro atoms. The average molecular weight is 375 g/mol. The van der Waals surface area contributed by atoms with Crippen LogP contribution in [0.4, 0.5) is 0 Å². The summed E-state index contributed by atoms with van der Waals surface area (Å²) in [7, 11) is 1.58. The molecule has 7 heteroatoms. The topological polar surface area (TPSA) is 64.8 Å². The van der Waals surface area contributed by atoms with Gasteiger partial charge in [-0.3, -0.25) is 4.79 Å². The molecule has 0 aromatic heterocycles. The fourth-order valence-electron chi connectivity index (χ4n) is 2.76. The fraction of sp³-hybridized carbons (Fsp3) is 0.588. The Bertz CT molecular complexity index is 524. The van der Waals surface area contributed by atoms with Gasteiger partial charge in [0.15, 0.2) is 0 Å². The summed E-state index contributed by atoms with van der Waals surface area (Å²) in [6.45, 7) is 2.44. The lowest BCUT2D eigenvalue weighted by molar-refractivity contribution is -0.135. The molecule has 1 saturated heterocycles. The van der Waals surface area contributed by atoms with Crippen LogP contribution in [0.15, 0.2) is 18.2 Å². The summed E-state index contributed by atoms with van der Waals surface area (Å²) >= 11 is 11.9. The molecule has 0 bridgehead atoms. The smallest absolute Gasteiger partial charge is 0.225 e. The number of piperidine rings is 1. The number of hydrogen-bond acceptors (Lipinski definition) is 4. The monoisotopic (exact) mass is 374 g/mol. The van der Waals surface area contributed by atoms with Gasteiger partial charge in [-0.15, -0.1) is 0 Å². The summed E-state index contributed by atoms with van der Waals surface area (Å²) in [6.07, 6.45) is 1.97. The second-order valence-electron chi connectivity index (χ2n) is 6.04. The number of nitrogens with zero attached hydrogens (tertiary/aromatic N) is 1. The molecule has 134 valence electrons. The second kappa shape index (κ2) is 9.47. The predicted octanol–water partition coefficient (Wildman–Crippen LogP) is 2.97. The lowest BCUT2D eigenvalue weighted by atomic mass is 9.97. The van der Waals surface area contributed by atoms with Gasteiger partial charge in [-0.25, -0.2) is 0 Å². The van der Waals surface area contributed by atoms with E-state index in [9.17, 15) is 4.79 Å². The molecule has 2 N–H and O–H groups in total. The van der Waals surface area contributed by atoms with Crippen LogP contribution >= 0.6 is 23.2 Å². The minimum Gasteiger partial charge on any atom is -0.493 e. The van der Waals surface area contributed by atoms with Gasteiger partial charge in [0.05, 0.1) is 19.1 Å². The van der Waals surface area contributed by atoms with E-state index in [4.69, 9.17) is 38.4 Å². The van der Waals surface area contributed by atoms with Crippen molar-refractivity contribution in [2.24, 2.45) is 11.7 Å². The molecule has 1 atom stereocenters. The van der Waals surface area contributed by atoms with E-state index in [2.05, 4.69) is 0 Å². The Morgan fingerprint density at radius 3 is 2.46 bits per heavy atom. The van der Waals surface area contributed by atoms with E-state index in [-0.39, 0.29) is 12.0 Å². The van der Waals surface area contributed by atoms with Crippen molar-refractivity contribution in [2.75, 3.05) is 33.4 Å². The quantitative estimate of drug-likeness (QED) is 0.796. The molecule has 2 rings (SSSR count). The number of nitrogens with two attached hydrogens (primary N) is 1. The minimum atomic E-state index is -0.203. The van der Waals surface area contributed by atoms with Crippen molar-refractivity contribution in [3.05, 3.63) is 28.2 Å². The van der Waals surface area contributed by atoms with Crippen LogP contribution in [0.5, 0.6) is 5.75 Å². The van der Waals surface area contributed by atoms with Crippen molar-refractivity contribution in [3.63, 3.8) is 0 Å². The molecule has 24 heavy (non-hydrogen) atoms. The number of halogens is 2. The van der Waals surface area contributed by atoms with Gasteiger partial charge in [0, 0.05) is 36.8 Å². The number of amides is 1. The van der Waals surface area contributed by atoms with Crippen molar-refractivity contribution >= 4 is 29.1 Å². The van der Waals surface area contributed by atoms with Crippen LogP contribution < -0.4 is 10.5 Å². The van der Waals surface area contributed by atoms with E-state index in [1.54, 1.807) is 25.3 Å². The van der Waals surface area contributed by atoms with Gasteiger partial charge < -0.3 is 20.1 Å². The number of carbonyl (C=O) groups excluding carboxylic acids is 1. The van der Waals surface area contributed by atoms with E-state index in [1.807, 2.05) is 4.90 Å². The second-order valence-corrected chi connectivity index (χ2v) is 6.91. The van der Waals surface area contributed by atoms with Crippen molar-refractivity contribution in [1.82, 2.24) is 4.90 Å². The lowest BCUT2D eigenvalue weighted by Crippen LogP contribution is -2.42. The summed E-state index contributed by atoms with van der Waals surface area (Å²) in [4.78, 5) is 14.1. The van der Waals surface area contributed by atoms with Gasteiger partial charge in [0.2, 0.25) is 5.91 Å². The third kappa shape index (κ3) is 5.81. The van der Waals surface area contributed by atoms with Gasteiger partial charge in [0.25, 0.3) is 0 Å². The van der Waals surface area contributed by atoms with Gasteiger partial charge in [-0.1, -0.05) is 23.2 Å². The Morgan fingerprint density at radius 2 is 1.92 bits per heavy atom. The summed E-state index contributed by atoms with van der Waals surface area (Å²) in [5.41, 5.74) is 5.57. The average Bonchev–Trinajstić information content (AvgIpc) is 2.57. The largest absolute Gasteiger partial charge is 0.493 e. The molecular formula is C17H24Cl2N2O3. The van der Waals surface area contributed by atoms with Crippen LogP contribution in [0.1, 0.15) is 19.3 Å². The van der Waals surface area contributed by atoms with E-state index < -0.39 is 0 Å². The third-order valence-electron chi connectivity index (χ3n) is 4.29. The molecule has 0 aliphatic carbocycles. The standard InChI is InChI=1S/C17H24Cl2N2O3/c1-23-16(10-20)9-17(22)21-4-2-12(3-5-21)11-24-15-7-13(18)6-14(19)8-15/h6-8,12,16H,2-5,9-11,20H2,1H3. The number of likely N-dealkylation sites (tertiary alicyclic amines) is 1. The normalized spacial score (nSPS) is 16.9. The summed E-state index contributed by atoms with van der Waals surface area (Å²) in [5, 5.41) is 1.12. The molecule has 1 aromatic rings. The number of rotatable bonds is 7. The summed E-state index contributed by atoms with van der Waals surface area (Å²) in [5.74, 6) is 1.20. The summed E-state index contributed by atoms with van der Waals surface area (Å²) < 4.78 is 11.0. The number of benzene rings is 1. The molecule has 1 unspecified atom stereocenters. The number of ether oxygens (including phenoxy) is 2. The van der Waals surface area contributed by atoms with Gasteiger partial charge in [0.1, 0.15) is 5.75 Å². The number of methoxy groups -OCH3 is 1. The highest BCUT2D eigenvalue weighted by Gasteiger charge is 2.24. The maximum absolute atomic E-state index is 12.2. The molecule has 0 radical (unpaired) electrons. The highest BCUT2D eigenvalue weighted by atomic mass is 35.5. The van der Waals surface area contributed by atoms with Gasteiger partial charge >= 0.3 is 0 Å². The Hall–Kier alpha value is -1.01. The molecular weight excluding hydrogens is 351 g/mol. The zero-order chi connectivity index (χ0) is 17.5. The maximum atomic E-state index is 12.2. The minimum absolute atomic E-state index is 0.105. The van der Waals surface area contributed by atoms with Crippen molar-refractivity contribution in [3.8, 4) is 5.75 Å². The highest BCUT2D eigenvalue weighted by Crippen LogP contribution is 2.26. The SMILES string of the molecule is COC(CN)CC(=O)N1CCC(COc2cc(Cl)cc(Cl)c2)CC1. The fourth-order valence-corrected chi connectivity index (χ4v) is 3.27. The molecule has 5 nitrogen and oxygen atoms in total. The zero-order valence-corrected chi connectivity index (χ0v) is 15.4. The van der Waals surface area contributed by atoms with Crippen molar-refractivity contribution < 1.29 is 14.3 Å². The van der Waals surface area contributed by atoms with Gasteiger partial charge in [-0.05, 0) is 37.0 Å². The molecule has 1 aliphatic rings. The van der Waals surface area contributed by atoms with Crippen LogP contribution in [-0.2, 0) is 9.53 Å². The summed E-state index contributed by atoms with van der Waals surface area (Å²) in [6, 6.07) is 5.18. The molecule has 1 amide bonds. The number of hydrogen-bond donors (Lipinski definition) is 1. The van der Waals surface area contributed by atoms with E-state index >= 15 is 0 Å². The Kier molecular flexibility index (Phi) is 7.62. The van der Waals surface area contributed by atoms with Crippen LogP contribution in [0.25, 0.3) is 0 Å². The van der Waals surface area contributed by atoms with E-state index in [1.165, 1.54) is 0 Å². The molecule has 1 aromatic carbocycles. The van der Waals surface area contributed by atoms with E-state index in [0.29, 0.717) is 41.3 Å². The first-order chi connectivity index (χ1) is 11.5. The highest BCUT2D eigenvalue weighted by molar-refractivity contribution is 6.34. The van der Waals surface area contributed by atoms with Crippen LogP contribution in [-0.4, -0.2) is 50.3 Å². The van der Waals surface area contributed by atoms with Crippen LogP contribution in [0.2, 0.25) is 10.0 Å². The maximum Gasteiger partial charge on any atom is 0.225 e. The molecule has 1 heterocycles. The first-order valence-corrected chi connectivity index (χ1v) is 8.87. The van der Waals surface area contributed by atoms with Gasteiger partial charge in [-0.2, -0.15) is 0 Å². The molecule has 1 aliphatic heterocycles. The zero-order valence-electron chi connectivity index (χ0n) is 13.8. The van der Waals surface area contributed by atoms with E-state index in [0.717, 1.165) is 25.9 Å². The van der Waals surface area contributed by atoms with Crippen molar-refractivity contribution in [2.45, 2.75) is 25.4 Å². The van der Waals surface area contributed by atoms with Crippen molar-refractivity contribution in [1.29, 1.82) is 0 Å². The Balaban J connectivity index is 1.75. The van der Waals surface area contributed by atoms with Crippen LogP contribution in [0.3, 0.4) is 0 Å². The first kappa shape index (κ1) is 19.3. The molecule has 0 saturated carbocycles. The predicted molar refractivity (Wildman–Crippen MR) is 95.7 cm³/mol. The van der Waals surface area contributed by atoms with Crippen LogP contribution in [0, 0.1) is 5.92 Å². The lowest BCUT2D eigenvalue weighted by Gasteiger charge is -2.32. The third-order valence-corrected chi connectivity index (χ3v) is 4.72. The first-order valence-electron chi connectivity index (χ1n) is 8.11. The number of carbonyl (C=O) groups is 1. The molecule has 1 fully saturated rings.